The lowest BCUT2D eigenvalue weighted by molar-refractivity contribution is -0.153. The van der Waals surface area contributed by atoms with Crippen LogP contribution in [0.2, 0.25) is 0 Å². The molecule has 0 fully saturated rings. The molecular formula is C42H79O10P. The van der Waals surface area contributed by atoms with Gasteiger partial charge < -0.3 is 24.6 Å². The van der Waals surface area contributed by atoms with Crippen molar-refractivity contribution in [3.63, 3.8) is 0 Å². The van der Waals surface area contributed by atoms with E-state index < -0.39 is 58.4 Å². The molecule has 0 spiro atoms. The van der Waals surface area contributed by atoms with E-state index in [9.17, 15) is 29.3 Å². The minimum Gasteiger partial charge on any atom is -0.457 e. The van der Waals surface area contributed by atoms with Gasteiger partial charge in [-0.15, -0.1) is 0 Å². The zero-order chi connectivity index (χ0) is 39.1. The zero-order valence-corrected chi connectivity index (χ0v) is 34.6. The van der Waals surface area contributed by atoms with E-state index in [1.165, 1.54) is 77.0 Å². The molecule has 0 aromatic heterocycles. The smallest absolute Gasteiger partial charge is 0.457 e. The van der Waals surface area contributed by atoms with Gasteiger partial charge in [-0.2, -0.15) is 0 Å². The number of unbranched alkanes of at least 4 members (excludes halogenated alkanes) is 22. The van der Waals surface area contributed by atoms with E-state index in [1.54, 1.807) is 0 Å². The molecule has 312 valence electrons. The van der Waals surface area contributed by atoms with Crippen LogP contribution in [0.5, 0.6) is 0 Å². The summed E-state index contributed by atoms with van der Waals surface area (Å²) >= 11 is 0. The summed E-state index contributed by atoms with van der Waals surface area (Å²) in [4.78, 5) is 34.5. The van der Waals surface area contributed by atoms with Crippen LogP contribution in [0, 0.1) is 0 Å². The van der Waals surface area contributed by atoms with E-state index in [2.05, 4.69) is 38.2 Å². The SMILES string of the molecule is CCCCCCCC/C=C\CCCCCCCC(=O)OC(CO)COP(=O)(O)OCC(CO)OC(=O)CCCCCCC/C=C\CCCCCCCC. The van der Waals surface area contributed by atoms with Gasteiger partial charge in [-0.05, 0) is 64.2 Å². The lowest BCUT2D eigenvalue weighted by Gasteiger charge is -2.20. The Kier molecular flexibility index (Phi) is 37.6. The van der Waals surface area contributed by atoms with E-state index in [1.807, 2.05) is 0 Å². The highest BCUT2D eigenvalue weighted by Gasteiger charge is 2.27. The van der Waals surface area contributed by atoms with Gasteiger partial charge in [0.15, 0.2) is 0 Å². The molecule has 0 aromatic rings. The van der Waals surface area contributed by atoms with Crippen molar-refractivity contribution in [1.29, 1.82) is 0 Å². The highest BCUT2D eigenvalue weighted by atomic mass is 31.2. The Bertz CT molecular complexity index is 871. The number of esters is 2. The molecule has 53 heavy (non-hydrogen) atoms. The number of hydrogen-bond acceptors (Lipinski definition) is 9. The largest absolute Gasteiger partial charge is 0.472 e. The Morgan fingerprint density at radius 3 is 1.08 bits per heavy atom. The van der Waals surface area contributed by atoms with Crippen LogP contribution in [-0.4, -0.2) is 65.7 Å². The van der Waals surface area contributed by atoms with E-state index in [4.69, 9.17) is 18.5 Å². The maximum absolute atomic E-state index is 12.3. The minimum atomic E-state index is -4.64. The van der Waals surface area contributed by atoms with Crippen molar-refractivity contribution in [2.24, 2.45) is 0 Å². The number of carbonyl (C=O) groups is 2. The van der Waals surface area contributed by atoms with E-state index in [0.29, 0.717) is 12.8 Å². The third kappa shape index (κ3) is 37.2. The van der Waals surface area contributed by atoms with Gasteiger partial charge in [-0.1, -0.05) is 141 Å². The predicted octanol–water partition coefficient (Wildman–Crippen LogP) is 11.0. The standard InChI is InChI=1S/C42H79O10P/c1-3-5-7-9-11-13-15-17-19-21-23-25-27-29-31-33-41(45)51-39(35-43)37-49-53(47,48)50-38-40(36-44)52-42(46)34-32-30-28-26-24-22-20-18-16-14-12-10-8-6-4-2/h17-20,39-40,43-44H,3-16,21-38H2,1-2H3,(H,47,48)/b19-17-,20-18-. The maximum atomic E-state index is 12.3. The summed E-state index contributed by atoms with van der Waals surface area (Å²) in [5.74, 6) is -1.03. The molecule has 0 radical (unpaired) electrons. The molecule has 0 heterocycles. The lowest BCUT2D eigenvalue weighted by Crippen LogP contribution is -2.28. The Labute approximate surface area is 323 Å². The van der Waals surface area contributed by atoms with Gasteiger partial charge in [0.1, 0.15) is 12.2 Å². The normalized spacial score (nSPS) is 14.1. The molecule has 2 unspecified atom stereocenters. The first-order valence-corrected chi connectivity index (χ1v) is 22.8. The van der Waals surface area contributed by atoms with Crippen LogP contribution in [0.4, 0.5) is 0 Å². The van der Waals surface area contributed by atoms with E-state index in [0.717, 1.165) is 77.0 Å². The first kappa shape index (κ1) is 51.5. The van der Waals surface area contributed by atoms with Gasteiger partial charge >= 0.3 is 19.8 Å². The van der Waals surface area contributed by atoms with Gasteiger partial charge in [0, 0.05) is 12.8 Å². The number of phosphoric ester groups is 1. The molecule has 0 aliphatic rings. The average molecular weight is 775 g/mol. The molecule has 0 aliphatic carbocycles. The van der Waals surface area contributed by atoms with Crippen LogP contribution < -0.4 is 0 Å². The summed E-state index contributed by atoms with van der Waals surface area (Å²) in [5, 5.41) is 19.1. The molecule has 2 atom stereocenters. The third-order valence-electron chi connectivity index (χ3n) is 9.14. The van der Waals surface area contributed by atoms with Crippen molar-refractivity contribution >= 4 is 19.8 Å². The van der Waals surface area contributed by atoms with E-state index in [-0.39, 0.29) is 12.8 Å². The summed E-state index contributed by atoms with van der Waals surface area (Å²) in [6.07, 6.45) is 37.2. The van der Waals surface area contributed by atoms with Crippen LogP contribution >= 0.6 is 7.82 Å². The van der Waals surface area contributed by atoms with Crippen LogP contribution in [-0.2, 0) is 32.7 Å². The fraction of sp³-hybridized carbons (Fsp3) is 0.857. The molecular weight excluding hydrogens is 695 g/mol. The Morgan fingerprint density at radius 1 is 0.491 bits per heavy atom. The van der Waals surface area contributed by atoms with Gasteiger partial charge in [0.05, 0.1) is 26.4 Å². The van der Waals surface area contributed by atoms with Crippen LogP contribution in [0.1, 0.15) is 194 Å². The number of aliphatic hydroxyl groups is 2. The van der Waals surface area contributed by atoms with Crippen molar-refractivity contribution in [3.05, 3.63) is 24.3 Å². The number of ether oxygens (including phenoxy) is 2. The second kappa shape index (κ2) is 38.7. The van der Waals surface area contributed by atoms with Gasteiger partial charge in [-0.3, -0.25) is 18.6 Å². The number of carbonyl (C=O) groups excluding carboxylic acids is 2. The van der Waals surface area contributed by atoms with Gasteiger partial charge in [-0.25, -0.2) is 4.57 Å². The molecule has 0 aliphatic heterocycles. The van der Waals surface area contributed by atoms with Gasteiger partial charge in [0.25, 0.3) is 0 Å². The van der Waals surface area contributed by atoms with Crippen molar-refractivity contribution < 1.29 is 47.8 Å². The molecule has 0 saturated carbocycles. The van der Waals surface area contributed by atoms with Crippen LogP contribution in [0.25, 0.3) is 0 Å². The second-order valence-electron chi connectivity index (χ2n) is 14.3. The highest BCUT2D eigenvalue weighted by Crippen LogP contribution is 2.43. The summed E-state index contributed by atoms with van der Waals surface area (Å²) in [6.45, 7) is 2.18. The third-order valence-corrected chi connectivity index (χ3v) is 10.1. The fourth-order valence-corrected chi connectivity index (χ4v) is 6.59. The maximum Gasteiger partial charge on any atom is 0.472 e. The molecule has 0 rings (SSSR count). The minimum absolute atomic E-state index is 0.183. The topological polar surface area (TPSA) is 149 Å². The molecule has 0 aromatic carbocycles. The predicted molar refractivity (Wildman–Crippen MR) is 215 cm³/mol. The van der Waals surface area contributed by atoms with Crippen molar-refractivity contribution in [2.45, 2.75) is 206 Å². The van der Waals surface area contributed by atoms with Crippen molar-refractivity contribution in [2.75, 3.05) is 26.4 Å². The number of allylic oxidation sites excluding steroid dienone is 4. The van der Waals surface area contributed by atoms with Gasteiger partial charge in [0.2, 0.25) is 0 Å². The average Bonchev–Trinajstić information content (AvgIpc) is 3.14. The lowest BCUT2D eigenvalue weighted by atomic mass is 10.1. The molecule has 0 amide bonds. The fourth-order valence-electron chi connectivity index (χ4n) is 5.81. The number of rotatable bonds is 40. The number of phosphoric acid groups is 1. The highest BCUT2D eigenvalue weighted by molar-refractivity contribution is 7.47. The second-order valence-corrected chi connectivity index (χ2v) is 15.8. The quantitative estimate of drug-likeness (QED) is 0.0238. The van der Waals surface area contributed by atoms with Crippen molar-refractivity contribution in [1.82, 2.24) is 0 Å². The summed E-state index contributed by atoms with van der Waals surface area (Å²) in [7, 11) is -4.64. The van der Waals surface area contributed by atoms with Crippen LogP contribution in [0.15, 0.2) is 24.3 Å². The summed E-state index contributed by atoms with van der Waals surface area (Å²) in [6, 6.07) is 0. The van der Waals surface area contributed by atoms with Crippen molar-refractivity contribution in [3.8, 4) is 0 Å². The monoisotopic (exact) mass is 775 g/mol. The first-order chi connectivity index (χ1) is 25.8. The summed E-state index contributed by atoms with van der Waals surface area (Å²) in [5.41, 5.74) is 0. The first-order valence-electron chi connectivity index (χ1n) is 21.3. The van der Waals surface area contributed by atoms with Crippen LogP contribution in [0.3, 0.4) is 0 Å². The molecule has 10 nitrogen and oxygen atoms in total. The zero-order valence-electron chi connectivity index (χ0n) is 33.7. The Balaban J connectivity index is 3.95. The van der Waals surface area contributed by atoms with E-state index >= 15 is 0 Å². The number of hydrogen-bond donors (Lipinski definition) is 3. The summed E-state index contributed by atoms with van der Waals surface area (Å²) < 4.78 is 32.5. The molecule has 11 heteroatoms. The number of aliphatic hydroxyl groups excluding tert-OH is 2. The Hall–Kier alpha value is -1.55. The molecule has 3 N–H and O–H groups in total. The molecule has 0 bridgehead atoms. The molecule has 0 saturated heterocycles. The Morgan fingerprint density at radius 2 is 0.774 bits per heavy atom.